The minimum absolute atomic E-state index is 0.571. The molecule has 4 rings (SSSR count). The molecule has 5 nitrogen and oxygen atoms in total. The van der Waals surface area contributed by atoms with Gasteiger partial charge in [0.1, 0.15) is 17.8 Å². The molecule has 0 aliphatic heterocycles. The van der Waals surface area contributed by atoms with Crippen LogP contribution in [0.1, 0.15) is 11.4 Å². The fraction of sp³-hybridized carbons (Fsp3) is 0.100. The molecule has 0 aliphatic carbocycles. The summed E-state index contributed by atoms with van der Waals surface area (Å²) in [7, 11) is 0. The average molecular weight is 331 g/mol. The van der Waals surface area contributed by atoms with Gasteiger partial charge in [0.2, 0.25) is 5.89 Å². The zero-order chi connectivity index (χ0) is 17.2. The highest BCUT2D eigenvalue weighted by Crippen LogP contribution is 2.27. The topological polar surface area (TPSA) is 53.1 Å². The Morgan fingerprint density at radius 1 is 0.960 bits per heavy atom. The minimum Gasteiger partial charge on any atom is -0.457 e. The molecular weight excluding hydrogens is 314 g/mol. The van der Waals surface area contributed by atoms with E-state index >= 15 is 0 Å². The SMILES string of the molecule is Cc1cc(C)n(-c2cccc(Oc3cccc(-c4ncco4)c3)c2)n1. The lowest BCUT2D eigenvalue weighted by atomic mass is 10.2. The number of nitrogens with zero attached hydrogens (tertiary/aromatic N) is 3. The van der Waals surface area contributed by atoms with E-state index in [0.717, 1.165) is 34.1 Å². The van der Waals surface area contributed by atoms with Crippen molar-refractivity contribution in [2.75, 3.05) is 0 Å². The second kappa shape index (κ2) is 6.28. The molecule has 0 fully saturated rings. The third-order valence-electron chi connectivity index (χ3n) is 3.82. The quantitative estimate of drug-likeness (QED) is 0.532. The maximum atomic E-state index is 6.02. The van der Waals surface area contributed by atoms with Crippen molar-refractivity contribution in [2.24, 2.45) is 0 Å². The number of hydrogen-bond acceptors (Lipinski definition) is 4. The van der Waals surface area contributed by atoms with Crippen molar-refractivity contribution in [1.82, 2.24) is 14.8 Å². The van der Waals surface area contributed by atoms with E-state index in [9.17, 15) is 0 Å². The van der Waals surface area contributed by atoms with E-state index in [2.05, 4.69) is 10.1 Å². The summed E-state index contributed by atoms with van der Waals surface area (Å²) in [4.78, 5) is 4.17. The summed E-state index contributed by atoms with van der Waals surface area (Å²) in [6.07, 6.45) is 3.18. The molecule has 2 aromatic heterocycles. The van der Waals surface area contributed by atoms with Crippen molar-refractivity contribution in [1.29, 1.82) is 0 Å². The first-order valence-corrected chi connectivity index (χ1v) is 8.00. The van der Waals surface area contributed by atoms with E-state index in [1.165, 1.54) is 0 Å². The minimum atomic E-state index is 0.571. The van der Waals surface area contributed by atoms with Crippen LogP contribution >= 0.6 is 0 Å². The normalized spacial score (nSPS) is 10.8. The summed E-state index contributed by atoms with van der Waals surface area (Å²) in [5.41, 5.74) is 3.91. The fourth-order valence-corrected chi connectivity index (χ4v) is 2.76. The lowest BCUT2D eigenvalue weighted by Crippen LogP contribution is -1.99. The Balaban J connectivity index is 1.62. The Labute approximate surface area is 145 Å². The number of ether oxygens (including phenoxy) is 1. The Bertz CT molecular complexity index is 1000. The molecule has 5 heteroatoms. The first kappa shape index (κ1) is 15.2. The Kier molecular flexibility index (Phi) is 3.82. The van der Waals surface area contributed by atoms with Gasteiger partial charge in [-0.15, -0.1) is 0 Å². The second-order valence-electron chi connectivity index (χ2n) is 5.80. The summed E-state index contributed by atoms with van der Waals surface area (Å²) in [6, 6.07) is 17.6. The van der Waals surface area contributed by atoms with Gasteiger partial charge in [-0.05, 0) is 50.2 Å². The van der Waals surface area contributed by atoms with Crippen LogP contribution in [-0.4, -0.2) is 14.8 Å². The summed E-state index contributed by atoms with van der Waals surface area (Å²) < 4.78 is 13.3. The molecule has 0 saturated carbocycles. The number of aryl methyl sites for hydroxylation is 2. The molecule has 0 spiro atoms. The molecule has 0 radical (unpaired) electrons. The van der Waals surface area contributed by atoms with Crippen LogP contribution in [0.5, 0.6) is 11.5 Å². The van der Waals surface area contributed by atoms with E-state index in [1.807, 2.05) is 73.1 Å². The van der Waals surface area contributed by atoms with Gasteiger partial charge in [0, 0.05) is 17.3 Å². The molecule has 4 aromatic rings. The number of oxazole rings is 1. The van der Waals surface area contributed by atoms with Crippen molar-refractivity contribution in [3.05, 3.63) is 78.4 Å². The van der Waals surface area contributed by atoms with Crippen LogP contribution in [0.4, 0.5) is 0 Å². The smallest absolute Gasteiger partial charge is 0.225 e. The van der Waals surface area contributed by atoms with E-state index in [0.29, 0.717) is 5.89 Å². The van der Waals surface area contributed by atoms with E-state index in [1.54, 1.807) is 12.5 Å². The molecule has 124 valence electrons. The van der Waals surface area contributed by atoms with Gasteiger partial charge in [-0.3, -0.25) is 0 Å². The molecule has 0 N–H and O–H groups in total. The highest BCUT2D eigenvalue weighted by Gasteiger charge is 2.07. The van der Waals surface area contributed by atoms with Gasteiger partial charge in [-0.1, -0.05) is 12.1 Å². The van der Waals surface area contributed by atoms with Gasteiger partial charge >= 0.3 is 0 Å². The highest BCUT2D eigenvalue weighted by atomic mass is 16.5. The van der Waals surface area contributed by atoms with Crippen LogP contribution in [0.25, 0.3) is 17.1 Å². The van der Waals surface area contributed by atoms with Gasteiger partial charge < -0.3 is 9.15 Å². The first-order chi connectivity index (χ1) is 12.2. The van der Waals surface area contributed by atoms with E-state index < -0.39 is 0 Å². The van der Waals surface area contributed by atoms with Crippen LogP contribution in [0.15, 0.2) is 71.5 Å². The fourth-order valence-electron chi connectivity index (χ4n) is 2.76. The van der Waals surface area contributed by atoms with E-state index in [4.69, 9.17) is 9.15 Å². The van der Waals surface area contributed by atoms with Crippen molar-refractivity contribution in [3.8, 4) is 28.6 Å². The van der Waals surface area contributed by atoms with Crippen molar-refractivity contribution >= 4 is 0 Å². The number of benzene rings is 2. The lowest BCUT2D eigenvalue weighted by molar-refractivity contribution is 0.482. The zero-order valence-corrected chi connectivity index (χ0v) is 14.0. The molecular formula is C20H17N3O2. The predicted octanol–water partition coefficient (Wildman–Crippen LogP) is 4.94. The Morgan fingerprint density at radius 2 is 1.76 bits per heavy atom. The highest BCUT2D eigenvalue weighted by molar-refractivity contribution is 5.56. The van der Waals surface area contributed by atoms with Gasteiger partial charge in [-0.25, -0.2) is 9.67 Å². The van der Waals surface area contributed by atoms with Crippen LogP contribution in [0.2, 0.25) is 0 Å². The molecule has 0 atom stereocenters. The van der Waals surface area contributed by atoms with Crippen molar-refractivity contribution < 1.29 is 9.15 Å². The monoisotopic (exact) mass is 331 g/mol. The number of aromatic nitrogens is 3. The van der Waals surface area contributed by atoms with Gasteiger partial charge in [0.15, 0.2) is 0 Å². The average Bonchev–Trinajstić information content (AvgIpc) is 3.25. The van der Waals surface area contributed by atoms with Crippen molar-refractivity contribution in [3.63, 3.8) is 0 Å². The molecule has 0 amide bonds. The van der Waals surface area contributed by atoms with Crippen molar-refractivity contribution in [2.45, 2.75) is 13.8 Å². The molecule has 0 unspecified atom stereocenters. The third-order valence-corrected chi connectivity index (χ3v) is 3.82. The maximum Gasteiger partial charge on any atom is 0.225 e. The zero-order valence-electron chi connectivity index (χ0n) is 14.0. The first-order valence-electron chi connectivity index (χ1n) is 8.00. The maximum absolute atomic E-state index is 6.02. The molecule has 2 heterocycles. The summed E-state index contributed by atoms with van der Waals surface area (Å²) in [5, 5.41) is 4.52. The third kappa shape index (κ3) is 3.17. The van der Waals surface area contributed by atoms with Crippen LogP contribution in [0.3, 0.4) is 0 Å². The summed E-state index contributed by atoms with van der Waals surface area (Å²) in [6.45, 7) is 4.02. The second-order valence-corrected chi connectivity index (χ2v) is 5.80. The molecule has 0 saturated heterocycles. The molecule has 25 heavy (non-hydrogen) atoms. The number of rotatable bonds is 4. The standard InChI is InChI=1S/C20H17N3O2/c1-14-11-15(2)23(22-14)17-6-4-8-19(13-17)25-18-7-3-5-16(12-18)20-21-9-10-24-20/h3-13H,1-2H3. The molecule has 0 bridgehead atoms. The van der Waals surface area contributed by atoms with Crippen LogP contribution in [-0.2, 0) is 0 Å². The van der Waals surface area contributed by atoms with Crippen LogP contribution < -0.4 is 4.74 Å². The predicted molar refractivity (Wildman–Crippen MR) is 95.1 cm³/mol. The molecule has 2 aromatic carbocycles. The van der Waals surface area contributed by atoms with Crippen LogP contribution in [0, 0.1) is 13.8 Å². The summed E-state index contributed by atoms with van der Waals surface area (Å²) >= 11 is 0. The largest absolute Gasteiger partial charge is 0.457 e. The summed E-state index contributed by atoms with van der Waals surface area (Å²) in [5.74, 6) is 2.04. The van der Waals surface area contributed by atoms with E-state index in [-0.39, 0.29) is 0 Å². The van der Waals surface area contributed by atoms with Gasteiger partial charge in [0.25, 0.3) is 0 Å². The number of hydrogen-bond donors (Lipinski definition) is 0. The van der Waals surface area contributed by atoms with Gasteiger partial charge in [-0.2, -0.15) is 5.10 Å². The lowest BCUT2D eigenvalue weighted by Gasteiger charge is -2.09. The Hall–Kier alpha value is -3.34. The van der Waals surface area contributed by atoms with Gasteiger partial charge in [0.05, 0.1) is 17.6 Å². The molecule has 0 aliphatic rings. The Morgan fingerprint density at radius 3 is 2.48 bits per heavy atom.